The molecule has 0 unspecified atom stereocenters. The van der Waals surface area contributed by atoms with E-state index in [1.807, 2.05) is 6.92 Å². The molecule has 0 spiro atoms. The van der Waals surface area contributed by atoms with Crippen LogP contribution in [-0.4, -0.2) is 0 Å². The Kier molecular flexibility index (Phi) is 2.66. The number of hydrogen-bond donors (Lipinski definition) is 0. The van der Waals surface area contributed by atoms with Crippen molar-refractivity contribution in [2.75, 3.05) is 0 Å². The third-order valence-electron chi connectivity index (χ3n) is 1.62. The molecule has 0 N–H and O–H groups in total. The second-order valence-electron chi connectivity index (χ2n) is 2.46. The fraction of sp³-hybridized carbons (Fsp3) is 0.250. The van der Waals surface area contributed by atoms with Crippen LogP contribution in [0.15, 0.2) is 23.3 Å². The van der Waals surface area contributed by atoms with Crippen LogP contribution < -0.4 is 0 Å². The summed E-state index contributed by atoms with van der Waals surface area (Å²) >= 11 is 0. The van der Waals surface area contributed by atoms with Gasteiger partial charge in [0.05, 0.1) is 6.54 Å². The quantitative estimate of drug-likeness (QED) is 0.367. The van der Waals surface area contributed by atoms with Crippen LogP contribution in [0.2, 0.25) is 0 Å². The average Bonchev–Trinajstić information content (AvgIpc) is 2.07. The minimum absolute atomic E-state index is 0.208. The lowest BCUT2D eigenvalue weighted by molar-refractivity contribution is 0.625. The van der Waals surface area contributed by atoms with Gasteiger partial charge in [-0.1, -0.05) is 11.2 Å². The van der Waals surface area contributed by atoms with Crippen molar-refractivity contribution >= 4 is 0 Å². The highest BCUT2D eigenvalue weighted by atomic mass is 19.1. The predicted molar refractivity (Wildman–Crippen MR) is 44.0 cm³/mol. The predicted octanol–water partition coefficient (Wildman–Crippen LogP) is 2.94. The molecule has 0 aliphatic heterocycles. The van der Waals surface area contributed by atoms with Crippen molar-refractivity contribution in [1.82, 2.24) is 0 Å². The zero-order valence-electron chi connectivity index (χ0n) is 6.66. The first kappa shape index (κ1) is 8.56. The van der Waals surface area contributed by atoms with E-state index in [9.17, 15) is 4.39 Å². The van der Waals surface area contributed by atoms with Crippen LogP contribution in [0.1, 0.15) is 11.1 Å². The Bertz CT molecular complexity index is 329. The number of nitrogens with zero attached hydrogens (tertiary/aromatic N) is 3. The molecule has 3 nitrogen and oxygen atoms in total. The molecule has 0 saturated carbocycles. The van der Waals surface area contributed by atoms with E-state index in [0.717, 1.165) is 11.1 Å². The molecular formula is C8H8FN3. The maximum Gasteiger partial charge on any atom is 0.123 e. The standard InChI is InChI=1S/C8H8FN3/c1-6-2-3-8(9)4-7(6)5-11-12-10/h2-4H,5H2,1H3. The van der Waals surface area contributed by atoms with Crippen LogP contribution in [0.3, 0.4) is 0 Å². The van der Waals surface area contributed by atoms with Gasteiger partial charge in [-0.05, 0) is 35.7 Å². The van der Waals surface area contributed by atoms with Gasteiger partial charge in [-0.3, -0.25) is 0 Å². The molecule has 1 rings (SSSR count). The summed E-state index contributed by atoms with van der Waals surface area (Å²) in [5, 5.41) is 3.36. The van der Waals surface area contributed by atoms with Gasteiger partial charge in [0.1, 0.15) is 5.82 Å². The van der Waals surface area contributed by atoms with Crippen LogP contribution >= 0.6 is 0 Å². The highest BCUT2D eigenvalue weighted by molar-refractivity contribution is 5.26. The van der Waals surface area contributed by atoms with Gasteiger partial charge in [0.25, 0.3) is 0 Å². The largest absolute Gasteiger partial charge is 0.207 e. The van der Waals surface area contributed by atoms with Crippen molar-refractivity contribution in [3.05, 3.63) is 45.6 Å². The summed E-state index contributed by atoms with van der Waals surface area (Å²) in [4.78, 5) is 2.60. The van der Waals surface area contributed by atoms with Crippen LogP contribution in [0.5, 0.6) is 0 Å². The van der Waals surface area contributed by atoms with E-state index in [-0.39, 0.29) is 12.4 Å². The van der Waals surface area contributed by atoms with Crippen molar-refractivity contribution < 1.29 is 4.39 Å². The number of benzene rings is 1. The topological polar surface area (TPSA) is 48.8 Å². The molecule has 0 heterocycles. The zero-order chi connectivity index (χ0) is 8.97. The Morgan fingerprint density at radius 1 is 1.58 bits per heavy atom. The summed E-state index contributed by atoms with van der Waals surface area (Å²) in [6, 6.07) is 4.43. The molecule has 4 heteroatoms. The minimum atomic E-state index is -0.302. The normalized spacial score (nSPS) is 9.17. The Morgan fingerprint density at radius 2 is 2.33 bits per heavy atom. The minimum Gasteiger partial charge on any atom is -0.207 e. The van der Waals surface area contributed by atoms with Crippen LogP contribution in [0.4, 0.5) is 4.39 Å². The Hall–Kier alpha value is -1.54. The van der Waals surface area contributed by atoms with Crippen LogP contribution in [0, 0.1) is 12.7 Å². The average molecular weight is 165 g/mol. The van der Waals surface area contributed by atoms with Gasteiger partial charge in [0.15, 0.2) is 0 Å². The van der Waals surface area contributed by atoms with Gasteiger partial charge >= 0.3 is 0 Å². The summed E-state index contributed by atoms with van der Waals surface area (Å²) in [7, 11) is 0. The first-order valence-electron chi connectivity index (χ1n) is 3.50. The van der Waals surface area contributed by atoms with E-state index >= 15 is 0 Å². The van der Waals surface area contributed by atoms with E-state index in [4.69, 9.17) is 5.53 Å². The highest BCUT2D eigenvalue weighted by Gasteiger charge is 1.97. The van der Waals surface area contributed by atoms with E-state index < -0.39 is 0 Å². The van der Waals surface area contributed by atoms with Gasteiger partial charge in [-0.2, -0.15) is 0 Å². The number of aryl methyl sites for hydroxylation is 1. The lowest BCUT2D eigenvalue weighted by Crippen LogP contribution is -1.87. The Labute approximate surface area is 69.5 Å². The molecule has 0 amide bonds. The zero-order valence-corrected chi connectivity index (χ0v) is 6.66. The summed E-state index contributed by atoms with van der Waals surface area (Å²) in [5.41, 5.74) is 9.72. The lowest BCUT2D eigenvalue weighted by atomic mass is 10.1. The molecule has 1 aromatic rings. The highest BCUT2D eigenvalue weighted by Crippen LogP contribution is 2.10. The van der Waals surface area contributed by atoms with Gasteiger partial charge in [0.2, 0.25) is 0 Å². The smallest absolute Gasteiger partial charge is 0.123 e. The molecule has 0 atom stereocenters. The molecule has 0 aliphatic rings. The Morgan fingerprint density at radius 3 is 3.00 bits per heavy atom. The maximum absolute atomic E-state index is 12.6. The molecule has 0 saturated heterocycles. The number of azide groups is 1. The van der Waals surface area contributed by atoms with Crippen molar-refractivity contribution in [3.8, 4) is 0 Å². The van der Waals surface area contributed by atoms with E-state index in [1.54, 1.807) is 6.07 Å². The van der Waals surface area contributed by atoms with Crippen LogP contribution in [0.25, 0.3) is 10.4 Å². The second kappa shape index (κ2) is 3.74. The summed E-state index contributed by atoms with van der Waals surface area (Å²) < 4.78 is 12.6. The Balaban J connectivity index is 2.96. The summed E-state index contributed by atoms with van der Waals surface area (Å²) in [6.07, 6.45) is 0. The van der Waals surface area contributed by atoms with E-state index in [1.165, 1.54) is 12.1 Å². The third kappa shape index (κ3) is 1.97. The monoisotopic (exact) mass is 165 g/mol. The fourth-order valence-electron chi connectivity index (χ4n) is 0.918. The van der Waals surface area contributed by atoms with Gasteiger partial charge in [0, 0.05) is 4.91 Å². The molecule has 0 radical (unpaired) electrons. The van der Waals surface area contributed by atoms with Gasteiger partial charge < -0.3 is 0 Å². The number of hydrogen-bond acceptors (Lipinski definition) is 1. The SMILES string of the molecule is Cc1ccc(F)cc1CN=[N+]=[N-]. The fourth-order valence-corrected chi connectivity index (χ4v) is 0.918. The van der Waals surface area contributed by atoms with Crippen molar-refractivity contribution in [2.45, 2.75) is 13.5 Å². The van der Waals surface area contributed by atoms with E-state index in [2.05, 4.69) is 10.0 Å². The van der Waals surface area contributed by atoms with Crippen molar-refractivity contribution in [3.63, 3.8) is 0 Å². The molecule has 1 aromatic carbocycles. The molecule has 12 heavy (non-hydrogen) atoms. The molecule has 0 fully saturated rings. The third-order valence-corrected chi connectivity index (χ3v) is 1.62. The number of halogens is 1. The number of rotatable bonds is 2. The maximum atomic E-state index is 12.6. The lowest BCUT2D eigenvalue weighted by Gasteiger charge is -2.00. The van der Waals surface area contributed by atoms with Gasteiger partial charge in [-0.25, -0.2) is 4.39 Å². The molecule has 0 aromatic heterocycles. The van der Waals surface area contributed by atoms with Crippen molar-refractivity contribution in [2.24, 2.45) is 5.11 Å². The molecular weight excluding hydrogens is 157 g/mol. The van der Waals surface area contributed by atoms with Crippen molar-refractivity contribution in [1.29, 1.82) is 0 Å². The molecule has 0 bridgehead atoms. The first-order valence-corrected chi connectivity index (χ1v) is 3.50. The summed E-state index contributed by atoms with van der Waals surface area (Å²) in [6.45, 7) is 2.06. The second-order valence-corrected chi connectivity index (χ2v) is 2.46. The van der Waals surface area contributed by atoms with E-state index in [0.29, 0.717) is 0 Å². The van der Waals surface area contributed by atoms with Crippen LogP contribution in [-0.2, 0) is 6.54 Å². The molecule has 62 valence electrons. The van der Waals surface area contributed by atoms with Gasteiger partial charge in [-0.15, -0.1) is 0 Å². The molecule has 0 aliphatic carbocycles. The first-order chi connectivity index (χ1) is 5.74. The summed E-state index contributed by atoms with van der Waals surface area (Å²) in [5.74, 6) is -0.302.